The van der Waals surface area contributed by atoms with Gasteiger partial charge in [-0.25, -0.2) is 9.37 Å². The molecule has 3 aromatic rings. The molecule has 144 valence electrons. The average molecular weight is 381 g/mol. The maximum Gasteiger partial charge on any atom is 0.255 e. The van der Waals surface area contributed by atoms with E-state index in [1.54, 1.807) is 35.5 Å². The van der Waals surface area contributed by atoms with Crippen molar-refractivity contribution in [2.24, 2.45) is 0 Å². The van der Waals surface area contributed by atoms with Crippen LogP contribution in [0.5, 0.6) is 0 Å². The Morgan fingerprint density at radius 1 is 1.18 bits per heavy atom. The van der Waals surface area contributed by atoms with Gasteiger partial charge in [0.25, 0.3) is 5.91 Å². The topological polar surface area (TPSA) is 68.5 Å². The molecule has 0 radical (unpaired) electrons. The first-order valence-corrected chi connectivity index (χ1v) is 9.11. The number of benzene rings is 1. The molecule has 1 aliphatic heterocycles. The lowest BCUT2D eigenvalue weighted by atomic mass is 10.1. The molecule has 7 heteroatoms. The summed E-state index contributed by atoms with van der Waals surface area (Å²) in [6.45, 7) is 3.16. The van der Waals surface area contributed by atoms with E-state index in [0.717, 1.165) is 11.3 Å². The van der Waals surface area contributed by atoms with Crippen LogP contribution >= 0.6 is 0 Å². The largest absolute Gasteiger partial charge is 0.442 e. The van der Waals surface area contributed by atoms with Crippen LogP contribution in [0.3, 0.4) is 0 Å². The summed E-state index contributed by atoms with van der Waals surface area (Å²) in [5.41, 5.74) is 2.35. The maximum absolute atomic E-state index is 13.0. The predicted molar refractivity (Wildman–Crippen MR) is 99.3 cm³/mol. The standard InChI is InChI=1S/C21H20FN3O3/c1-14-2-5-16(11-23-14)21(26)25-8-9-27-19(13-25)20-24-12-18(28-20)10-15-3-6-17(22)7-4-15/h2-7,11-12,19H,8-10,13H2,1H3/t19-/m1/s1. The van der Waals surface area contributed by atoms with Crippen LogP contribution in [-0.2, 0) is 11.2 Å². The van der Waals surface area contributed by atoms with Crippen molar-refractivity contribution in [1.29, 1.82) is 0 Å². The van der Waals surface area contributed by atoms with E-state index in [9.17, 15) is 9.18 Å². The number of aryl methyl sites for hydroxylation is 1. The Labute approximate surface area is 162 Å². The fourth-order valence-electron chi connectivity index (χ4n) is 3.12. The Bertz CT molecular complexity index is 954. The van der Waals surface area contributed by atoms with Crippen molar-refractivity contribution in [3.05, 3.63) is 83.1 Å². The monoisotopic (exact) mass is 381 g/mol. The van der Waals surface area contributed by atoms with Crippen LogP contribution in [-0.4, -0.2) is 40.5 Å². The second kappa shape index (κ2) is 7.90. The highest BCUT2D eigenvalue weighted by Crippen LogP contribution is 2.24. The van der Waals surface area contributed by atoms with Gasteiger partial charge in [0.15, 0.2) is 6.10 Å². The molecule has 0 N–H and O–H groups in total. The van der Waals surface area contributed by atoms with Gasteiger partial charge in [-0.05, 0) is 36.8 Å². The van der Waals surface area contributed by atoms with Crippen LogP contribution in [0.4, 0.5) is 4.39 Å². The molecule has 2 aromatic heterocycles. The number of amides is 1. The van der Waals surface area contributed by atoms with Crippen molar-refractivity contribution in [3.63, 3.8) is 0 Å². The summed E-state index contributed by atoms with van der Waals surface area (Å²) in [5.74, 6) is 0.748. The molecule has 1 fully saturated rings. The number of hydrogen-bond donors (Lipinski definition) is 0. The maximum atomic E-state index is 13.0. The molecule has 4 rings (SSSR count). The van der Waals surface area contributed by atoms with E-state index in [-0.39, 0.29) is 11.7 Å². The van der Waals surface area contributed by atoms with Crippen molar-refractivity contribution in [3.8, 4) is 0 Å². The molecule has 3 heterocycles. The summed E-state index contributed by atoms with van der Waals surface area (Å²) in [7, 11) is 0. The minimum absolute atomic E-state index is 0.0844. The molecule has 0 saturated carbocycles. The highest BCUT2D eigenvalue weighted by molar-refractivity contribution is 5.94. The molecule has 1 atom stereocenters. The number of aromatic nitrogens is 2. The third-order valence-corrected chi connectivity index (χ3v) is 4.65. The number of carbonyl (C=O) groups excluding carboxylic acids is 1. The fraction of sp³-hybridized carbons (Fsp3) is 0.286. The molecule has 0 aliphatic carbocycles. The Hall–Kier alpha value is -3.06. The summed E-state index contributed by atoms with van der Waals surface area (Å²) >= 11 is 0. The number of rotatable bonds is 4. The van der Waals surface area contributed by atoms with E-state index >= 15 is 0 Å². The molecular weight excluding hydrogens is 361 g/mol. The molecule has 28 heavy (non-hydrogen) atoms. The van der Waals surface area contributed by atoms with Gasteiger partial charge in [0.2, 0.25) is 5.89 Å². The highest BCUT2D eigenvalue weighted by Gasteiger charge is 2.29. The van der Waals surface area contributed by atoms with Crippen molar-refractivity contribution >= 4 is 5.91 Å². The lowest BCUT2D eigenvalue weighted by Gasteiger charge is -2.31. The number of carbonyl (C=O) groups is 1. The molecule has 1 saturated heterocycles. The Kier molecular flexibility index (Phi) is 5.16. The summed E-state index contributed by atoms with van der Waals surface area (Å²) in [6.07, 6.45) is 3.33. The van der Waals surface area contributed by atoms with E-state index in [4.69, 9.17) is 9.15 Å². The third-order valence-electron chi connectivity index (χ3n) is 4.65. The molecule has 6 nitrogen and oxygen atoms in total. The molecule has 1 aliphatic rings. The zero-order valence-corrected chi connectivity index (χ0v) is 15.5. The number of pyridine rings is 1. The number of halogens is 1. The van der Waals surface area contributed by atoms with Crippen molar-refractivity contribution in [2.75, 3.05) is 19.7 Å². The van der Waals surface area contributed by atoms with E-state index in [1.807, 2.05) is 13.0 Å². The average Bonchev–Trinajstić information content (AvgIpc) is 3.18. The highest BCUT2D eigenvalue weighted by atomic mass is 19.1. The number of hydrogen-bond acceptors (Lipinski definition) is 5. The van der Waals surface area contributed by atoms with E-state index in [2.05, 4.69) is 9.97 Å². The summed E-state index contributed by atoms with van der Waals surface area (Å²) < 4.78 is 24.6. The van der Waals surface area contributed by atoms with Gasteiger partial charge >= 0.3 is 0 Å². The Balaban J connectivity index is 1.43. The van der Waals surface area contributed by atoms with Gasteiger partial charge in [-0.2, -0.15) is 0 Å². The van der Waals surface area contributed by atoms with Crippen LogP contribution < -0.4 is 0 Å². The first kappa shape index (κ1) is 18.3. The Morgan fingerprint density at radius 3 is 2.75 bits per heavy atom. The SMILES string of the molecule is Cc1ccc(C(=O)N2CCO[C@@H](c3ncc(Cc4ccc(F)cc4)o3)C2)cn1. The van der Waals surface area contributed by atoms with Gasteiger partial charge in [-0.1, -0.05) is 12.1 Å². The third kappa shape index (κ3) is 4.09. The number of morpholine rings is 1. The van der Waals surface area contributed by atoms with E-state index in [0.29, 0.717) is 43.3 Å². The zero-order valence-electron chi connectivity index (χ0n) is 15.5. The molecule has 1 amide bonds. The van der Waals surface area contributed by atoms with Gasteiger partial charge in [0.1, 0.15) is 11.6 Å². The number of oxazole rings is 1. The van der Waals surface area contributed by atoms with Crippen LogP contribution in [0.1, 0.15) is 39.4 Å². The van der Waals surface area contributed by atoms with E-state index < -0.39 is 6.10 Å². The smallest absolute Gasteiger partial charge is 0.255 e. The lowest BCUT2D eigenvalue weighted by molar-refractivity contribution is -0.0349. The quantitative estimate of drug-likeness (QED) is 0.693. The molecule has 0 spiro atoms. The van der Waals surface area contributed by atoms with Crippen LogP contribution in [0.25, 0.3) is 0 Å². The Morgan fingerprint density at radius 2 is 2.00 bits per heavy atom. The summed E-state index contributed by atoms with van der Waals surface area (Å²) in [4.78, 5) is 22.9. The minimum Gasteiger partial charge on any atom is -0.442 e. The number of ether oxygens (including phenoxy) is 1. The molecular formula is C21H20FN3O3. The minimum atomic E-state index is -0.418. The first-order valence-electron chi connectivity index (χ1n) is 9.11. The second-order valence-electron chi connectivity index (χ2n) is 6.77. The summed E-state index contributed by atoms with van der Waals surface area (Å²) in [6, 6.07) is 9.86. The molecule has 0 bridgehead atoms. The van der Waals surface area contributed by atoms with Gasteiger partial charge in [-0.3, -0.25) is 9.78 Å². The van der Waals surface area contributed by atoms with Crippen LogP contribution in [0.15, 0.2) is 53.2 Å². The van der Waals surface area contributed by atoms with Gasteiger partial charge in [-0.15, -0.1) is 0 Å². The lowest BCUT2D eigenvalue weighted by Crippen LogP contribution is -2.42. The van der Waals surface area contributed by atoms with Gasteiger partial charge < -0.3 is 14.1 Å². The fourth-order valence-corrected chi connectivity index (χ4v) is 3.12. The van der Waals surface area contributed by atoms with Gasteiger partial charge in [0, 0.05) is 24.9 Å². The van der Waals surface area contributed by atoms with E-state index in [1.165, 1.54) is 12.1 Å². The van der Waals surface area contributed by atoms with Crippen molar-refractivity contribution < 1.29 is 18.3 Å². The number of nitrogens with zero attached hydrogens (tertiary/aromatic N) is 3. The van der Waals surface area contributed by atoms with Crippen LogP contribution in [0.2, 0.25) is 0 Å². The molecule has 1 aromatic carbocycles. The normalized spacial score (nSPS) is 16.9. The molecule has 0 unspecified atom stereocenters. The van der Waals surface area contributed by atoms with Crippen LogP contribution in [0, 0.1) is 12.7 Å². The predicted octanol–water partition coefficient (Wildman–Crippen LogP) is 3.32. The summed E-state index contributed by atoms with van der Waals surface area (Å²) in [5, 5.41) is 0. The van der Waals surface area contributed by atoms with Crippen molar-refractivity contribution in [2.45, 2.75) is 19.4 Å². The van der Waals surface area contributed by atoms with Crippen molar-refractivity contribution in [1.82, 2.24) is 14.9 Å². The zero-order chi connectivity index (χ0) is 19.5. The first-order chi connectivity index (χ1) is 13.6. The second-order valence-corrected chi connectivity index (χ2v) is 6.77. The van der Waals surface area contributed by atoms with Gasteiger partial charge in [0.05, 0.1) is 24.9 Å².